The first-order chi connectivity index (χ1) is 14.0. The second-order valence-electron chi connectivity index (χ2n) is 6.11. The summed E-state index contributed by atoms with van der Waals surface area (Å²) in [5.74, 6) is -2.17. The molecule has 1 amide bonds. The van der Waals surface area contributed by atoms with E-state index in [0.29, 0.717) is 11.1 Å². The van der Waals surface area contributed by atoms with Gasteiger partial charge in [0.25, 0.3) is 11.5 Å². The van der Waals surface area contributed by atoms with Crippen LogP contribution in [-0.4, -0.2) is 31.9 Å². The van der Waals surface area contributed by atoms with Crippen molar-refractivity contribution in [1.29, 1.82) is 0 Å². The molecule has 0 aliphatic carbocycles. The number of aliphatic hydroxyl groups excluding tert-OH is 1. The van der Waals surface area contributed by atoms with Crippen molar-refractivity contribution in [3.63, 3.8) is 0 Å². The van der Waals surface area contributed by atoms with Crippen LogP contribution in [0.2, 0.25) is 0 Å². The molecule has 144 valence electrons. The van der Waals surface area contributed by atoms with Crippen molar-refractivity contribution in [3.05, 3.63) is 86.9 Å². The highest BCUT2D eigenvalue weighted by Crippen LogP contribution is 2.42. The molecule has 29 heavy (non-hydrogen) atoms. The zero-order valence-electron chi connectivity index (χ0n) is 14.6. The molecule has 3 aromatic rings. The van der Waals surface area contributed by atoms with Gasteiger partial charge in [0.1, 0.15) is 11.3 Å². The summed E-state index contributed by atoms with van der Waals surface area (Å²) < 4.78 is 0. The van der Waals surface area contributed by atoms with E-state index in [9.17, 15) is 24.8 Å². The Morgan fingerprint density at radius 1 is 1.14 bits per heavy atom. The van der Waals surface area contributed by atoms with Crippen LogP contribution in [0.4, 0.5) is 10.8 Å². The molecule has 1 aromatic heterocycles. The molecule has 0 saturated carbocycles. The van der Waals surface area contributed by atoms with Gasteiger partial charge in [-0.05, 0) is 5.56 Å². The van der Waals surface area contributed by atoms with Crippen molar-refractivity contribution in [2.24, 2.45) is 0 Å². The minimum Gasteiger partial charge on any atom is -0.507 e. The molecule has 1 N–H and O–H groups in total. The third-order valence-corrected chi connectivity index (χ3v) is 5.13. The summed E-state index contributed by atoms with van der Waals surface area (Å²) in [5.41, 5.74) is 1.67. The van der Waals surface area contributed by atoms with Crippen molar-refractivity contribution in [2.45, 2.75) is 6.04 Å². The van der Waals surface area contributed by atoms with Crippen molar-refractivity contribution in [1.82, 2.24) is 10.2 Å². The van der Waals surface area contributed by atoms with E-state index in [4.69, 9.17) is 0 Å². The predicted octanol–water partition coefficient (Wildman–Crippen LogP) is 3.07. The van der Waals surface area contributed by atoms with Gasteiger partial charge in [-0.1, -0.05) is 53.8 Å². The summed E-state index contributed by atoms with van der Waals surface area (Å²) in [4.78, 5) is 37.4. The Morgan fingerprint density at radius 3 is 2.55 bits per heavy atom. The minimum atomic E-state index is -1.08. The number of amides is 1. The summed E-state index contributed by atoms with van der Waals surface area (Å²) in [7, 11) is 0. The van der Waals surface area contributed by atoms with E-state index in [-0.39, 0.29) is 22.2 Å². The Hall–Kier alpha value is -3.92. The van der Waals surface area contributed by atoms with E-state index < -0.39 is 22.7 Å². The number of carbonyl (C=O) groups excluding carboxylic acids is 2. The lowest BCUT2D eigenvalue weighted by atomic mass is 9.95. The average Bonchev–Trinajstić information content (AvgIpc) is 3.35. The fourth-order valence-corrected chi connectivity index (χ4v) is 3.76. The van der Waals surface area contributed by atoms with Gasteiger partial charge in [0.15, 0.2) is 0 Å². The number of anilines is 1. The third kappa shape index (κ3) is 3.15. The molecule has 1 aliphatic rings. The molecule has 0 bridgehead atoms. The molecule has 4 rings (SSSR count). The number of nitro benzene ring substituents is 1. The molecule has 9 nitrogen and oxygen atoms in total. The third-order valence-electron chi connectivity index (χ3n) is 4.44. The molecular weight excluding hydrogens is 396 g/mol. The lowest BCUT2D eigenvalue weighted by molar-refractivity contribution is -0.384. The molecule has 1 fully saturated rings. The largest absolute Gasteiger partial charge is 0.507 e. The number of nitrogens with zero attached hydrogens (tertiary/aromatic N) is 4. The van der Waals surface area contributed by atoms with Gasteiger partial charge < -0.3 is 5.11 Å². The van der Waals surface area contributed by atoms with Crippen molar-refractivity contribution < 1.29 is 19.6 Å². The second kappa shape index (κ2) is 7.24. The molecule has 1 saturated heterocycles. The van der Waals surface area contributed by atoms with Gasteiger partial charge in [-0.15, -0.1) is 10.2 Å². The molecule has 0 spiro atoms. The number of hydrogen-bond donors (Lipinski definition) is 1. The van der Waals surface area contributed by atoms with Gasteiger partial charge in [-0.25, -0.2) is 0 Å². The number of aromatic nitrogens is 2. The number of hydrogen-bond acceptors (Lipinski definition) is 8. The van der Waals surface area contributed by atoms with Gasteiger partial charge in [0.05, 0.1) is 16.5 Å². The Morgan fingerprint density at radius 2 is 1.90 bits per heavy atom. The molecule has 1 atom stereocenters. The van der Waals surface area contributed by atoms with Crippen molar-refractivity contribution in [3.8, 4) is 0 Å². The van der Waals surface area contributed by atoms with Gasteiger partial charge >= 0.3 is 5.91 Å². The van der Waals surface area contributed by atoms with Crippen LogP contribution in [0, 0.1) is 10.1 Å². The number of nitro groups is 1. The smallest absolute Gasteiger partial charge is 0.301 e. The zero-order chi connectivity index (χ0) is 20.5. The first-order valence-electron chi connectivity index (χ1n) is 8.36. The number of rotatable bonds is 4. The van der Waals surface area contributed by atoms with Crippen LogP contribution in [0.1, 0.15) is 17.2 Å². The lowest BCUT2D eigenvalue weighted by Crippen LogP contribution is -2.29. The van der Waals surface area contributed by atoms with E-state index in [1.807, 2.05) is 0 Å². The van der Waals surface area contributed by atoms with Crippen LogP contribution in [0.25, 0.3) is 5.76 Å². The molecule has 2 heterocycles. The molecule has 1 aliphatic heterocycles. The van der Waals surface area contributed by atoms with Gasteiger partial charge in [-0.2, -0.15) is 0 Å². The lowest BCUT2D eigenvalue weighted by Gasteiger charge is -2.22. The minimum absolute atomic E-state index is 0.149. The monoisotopic (exact) mass is 408 g/mol. The topological polar surface area (TPSA) is 127 Å². The van der Waals surface area contributed by atoms with Crippen molar-refractivity contribution in [2.75, 3.05) is 4.90 Å². The first-order valence-corrected chi connectivity index (χ1v) is 9.24. The van der Waals surface area contributed by atoms with E-state index >= 15 is 0 Å². The Kier molecular flexibility index (Phi) is 4.61. The van der Waals surface area contributed by atoms with Gasteiger partial charge in [-0.3, -0.25) is 24.6 Å². The standard InChI is InChI=1S/C19H12N4O5S/c24-16(11-5-2-1-3-6-11)14-15(12-7-4-8-13(9-12)23(27)28)22(18(26)17(14)25)19-21-20-10-29-19/h1-10,15,24H/t15-/m0/s1. The van der Waals surface area contributed by atoms with Crippen LogP contribution in [0.5, 0.6) is 0 Å². The number of aliphatic hydroxyl groups is 1. The first kappa shape index (κ1) is 18.4. The van der Waals surface area contributed by atoms with Gasteiger partial charge in [0.2, 0.25) is 5.13 Å². The van der Waals surface area contributed by atoms with Gasteiger partial charge in [0, 0.05) is 17.7 Å². The maximum atomic E-state index is 12.8. The summed E-state index contributed by atoms with van der Waals surface area (Å²) in [6.07, 6.45) is 0. The van der Waals surface area contributed by atoms with E-state index in [2.05, 4.69) is 10.2 Å². The summed E-state index contributed by atoms with van der Waals surface area (Å²) in [6.45, 7) is 0. The molecular formula is C19H12N4O5S. The summed E-state index contributed by atoms with van der Waals surface area (Å²) in [6, 6.07) is 12.8. The van der Waals surface area contributed by atoms with Crippen molar-refractivity contribution >= 4 is 39.6 Å². The highest BCUT2D eigenvalue weighted by molar-refractivity contribution is 7.13. The highest BCUT2D eigenvalue weighted by Gasteiger charge is 2.48. The summed E-state index contributed by atoms with van der Waals surface area (Å²) >= 11 is 1.04. The van der Waals surface area contributed by atoms with E-state index in [1.165, 1.54) is 23.7 Å². The Labute approximate surface area is 167 Å². The second-order valence-corrected chi connectivity index (χ2v) is 6.92. The normalized spacial score (nSPS) is 18.2. The predicted molar refractivity (Wildman–Crippen MR) is 104 cm³/mol. The quantitative estimate of drug-likeness (QED) is 0.231. The van der Waals surface area contributed by atoms with Crippen LogP contribution in [-0.2, 0) is 9.59 Å². The van der Waals surface area contributed by atoms with Crippen LogP contribution in [0.3, 0.4) is 0 Å². The molecule has 0 unspecified atom stereocenters. The van der Waals surface area contributed by atoms with Crippen LogP contribution < -0.4 is 4.90 Å². The maximum absolute atomic E-state index is 12.8. The Balaban J connectivity index is 1.96. The van der Waals surface area contributed by atoms with E-state index in [0.717, 1.165) is 16.2 Å². The number of benzene rings is 2. The van der Waals surface area contributed by atoms with Crippen LogP contribution >= 0.6 is 11.3 Å². The summed E-state index contributed by atoms with van der Waals surface area (Å²) in [5, 5.41) is 29.8. The number of Topliss-reactive ketones (excluding diaryl/α,β-unsaturated/α-hetero) is 1. The average molecular weight is 408 g/mol. The zero-order valence-corrected chi connectivity index (χ0v) is 15.4. The fourth-order valence-electron chi connectivity index (χ4n) is 3.18. The fraction of sp³-hybridized carbons (Fsp3) is 0.0526. The molecule has 2 aromatic carbocycles. The number of carbonyl (C=O) groups is 2. The SMILES string of the molecule is O=C1C(=O)N(c2nncs2)[C@@H](c2cccc([N+](=O)[O-])c2)C1=C(O)c1ccccc1. The number of non-ortho nitro benzene ring substituents is 1. The molecule has 0 radical (unpaired) electrons. The Bertz CT molecular complexity index is 1140. The maximum Gasteiger partial charge on any atom is 0.301 e. The van der Waals surface area contributed by atoms with Crippen LogP contribution in [0.15, 0.2) is 65.7 Å². The van der Waals surface area contributed by atoms with E-state index in [1.54, 1.807) is 36.4 Å². The number of ketones is 1. The highest BCUT2D eigenvalue weighted by atomic mass is 32.1. The molecule has 10 heteroatoms.